The number of ketones is 1. The van der Waals surface area contributed by atoms with Gasteiger partial charge in [0.25, 0.3) is 0 Å². The van der Waals surface area contributed by atoms with E-state index in [1.165, 1.54) is 30.6 Å². The SMILES string of the molecule is COc1ccc(C(=O)COC(=O)c2sc(C)nc2-c2ccccc2)cc1F. The van der Waals surface area contributed by atoms with Gasteiger partial charge in [-0.3, -0.25) is 4.79 Å². The van der Waals surface area contributed by atoms with Crippen molar-refractivity contribution in [1.82, 2.24) is 4.98 Å². The number of rotatable bonds is 6. The smallest absolute Gasteiger partial charge is 0.351 e. The molecule has 0 fully saturated rings. The molecule has 0 atom stereocenters. The summed E-state index contributed by atoms with van der Waals surface area (Å²) in [5.41, 5.74) is 1.41. The summed E-state index contributed by atoms with van der Waals surface area (Å²) >= 11 is 1.20. The van der Waals surface area contributed by atoms with E-state index >= 15 is 0 Å². The number of aryl methyl sites for hydroxylation is 1. The quantitative estimate of drug-likeness (QED) is 0.467. The Morgan fingerprint density at radius 2 is 1.89 bits per heavy atom. The number of halogens is 1. The van der Waals surface area contributed by atoms with Gasteiger partial charge in [0.05, 0.1) is 17.8 Å². The molecule has 0 aliphatic rings. The minimum Gasteiger partial charge on any atom is -0.494 e. The van der Waals surface area contributed by atoms with E-state index in [2.05, 4.69) is 4.98 Å². The second-order valence-corrected chi connectivity index (χ2v) is 6.83. The molecule has 3 rings (SSSR count). The van der Waals surface area contributed by atoms with E-state index in [1.54, 1.807) is 6.92 Å². The molecule has 0 bridgehead atoms. The van der Waals surface area contributed by atoms with Crippen LogP contribution < -0.4 is 4.74 Å². The highest BCUT2D eigenvalue weighted by Gasteiger charge is 2.21. The monoisotopic (exact) mass is 385 g/mol. The summed E-state index contributed by atoms with van der Waals surface area (Å²) < 4.78 is 23.7. The van der Waals surface area contributed by atoms with Crippen molar-refractivity contribution in [2.24, 2.45) is 0 Å². The molecule has 3 aromatic rings. The Kier molecular flexibility index (Phi) is 5.61. The lowest BCUT2D eigenvalue weighted by molar-refractivity contribution is 0.0480. The lowest BCUT2D eigenvalue weighted by Crippen LogP contribution is -2.14. The molecule has 0 amide bonds. The number of nitrogens with zero attached hydrogens (tertiary/aromatic N) is 1. The number of aromatic nitrogens is 1. The van der Waals surface area contributed by atoms with Gasteiger partial charge in [-0.2, -0.15) is 0 Å². The number of hydrogen-bond donors (Lipinski definition) is 0. The summed E-state index contributed by atoms with van der Waals surface area (Å²) in [4.78, 5) is 29.4. The Bertz CT molecular complexity index is 985. The zero-order valence-electron chi connectivity index (χ0n) is 14.7. The molecule has 0 aliphatic carbocycles. The molecule has 5 nitrogen and oxygen atoms in total. The van der Waals surface area contributed by atoms with Crippen molar-refractivity contribution < 1.29 is 23.5 Å². The minimum atomic E-state index is -0.654. The van der Waals surface area contributed by atoms with Gasteiger partial charge in [0.15, 0.2) is 24.0 Å². The summed E-state index contributed by atoms with van der Waals surface area (Å²) in [5, 5.41) is 0.712. The van der Waals surface area contributed by atoms with Crippen LogP contribution in [-0.2, 0) is 4.74 Å². The number of Topliss-reactive ketones (excluding diaryl/α,β-unsaturated/α-hetero) is 1. The van der Waals surface area contributed by atoms with E-state index in [4.69, 9.17) is 9.47 Å². The molecular formula is C20H16FNO4S. The van der Waals surface area contributed by atoms with E-state index in [-0.39, 0.29) is 11.3 Å². The van der Waals surface area contributed by atoms with Gasteiger partial charge >= 0.3 is 5.97 Å². The van der Waals surface area contributed by atoms with Gasteiger partial charge < -0.3 is 9.47 Å². The third kappa shape index (κ3) is 4.20. The van der Waals surface area contributed by atoms with Gasteiger partial charge in [0.2, 0.25) is 0 Å². The van der Waals surface area contributed by atoms with Crippen LogP contribution in [0.25, 0.3) is 11.3 Å². The third-order valence-corrected chi connectivity index (χ3v) is 4.73. The minimum absolute atomic E-state index is 0.0381. The Morgan fingerprint density at radius 1 is 1.15 bits per heavy atom. The first-order valence-electron chi connectivity index (χ1n) is 8.06. The van der Waals surface area contributed by atoms with E-state index in [0.717, 1.165) is 11.6 Å². The first-order valence-corrected chi connectivity index (χ1v) is 8.88. The number of carbonyl (C=O) groups excluding carboxylic acids is 2. The molecule has 1 heterocycles. The predicted octanol–water partition coefficient (Wildman–Crippen LogP) is 4.31. The number of thiazole rings is 1. The summed E-state index contributed by atoms with van der Waals surface area (Å²) in [6.07, 6.45) is 0. The molecule has 0 saturated carbocycles. The van der Waals surface area contributed by atoms with Crippen LogP contribution >= 0.6 is 11.3 Å². The highest BCUT2D eigenvalue weighted by atomic mass is 32.1. The van der Waals surface area contributed by atoms with Crippen molar-refractivity contribution in [1.29, 1.82) is 0 Å². The first-order chi connectivity index (χ1) is 13.0. The van der Waals surface area contributed by atoms with Gasteiger partial charge in [0.1, 0.15) is 4.88 Å². The van der Waals surface area contributed by atoms with E-state index in [1.807, 2.05) is 30.3 Å². The van der Waals surface area contributed by atoms with Crippen molar-refractivity contribution in [3.05, 3.63) is 69.8 Å². The van der Waals surface area contributed by atoms with Crippen LogP contribution in [-0.4, -0.2) is 30.5 Å². The molecular weight excluding hydrogens is 369 g/mol. The van der Waals surface area contributed by atoms with Gasteiger partial charge in [-0.15, -0.1) is 11.3 Å². The topological polar surface area (TPSA) is 65.5 Å². The summed E-state index contributed by atoms with van der Waals surface area (Å²) in [5.74, 6) is -1.76. The van der Waals surface area contributed by atoms with Crippen LogP contribution in [0.3, 0.4) is 0 Å². The highest BCUT2D eigenvalue weighted by molar-refractivity contribution is 7.14. The molecule has 0 aliphatic heterocycles. The molecule has 0 saturated heterocycles. The Morgan fingerprint density at radius 3 is 2.56 bits per heavy atom. The van der Waals surface area contributed by atoms with E-state index < -0.39 is 24.2 Å². The number of benzene rings is 2. The maximum absolute atomic E-state index is 13.7. The molecule has 27 heavy (non-hydrogen) atoms. The number of carbonyl (C=O) groups is 2. The number of hydrogen-bond acceptors (Lipinski definition) is 6. The number of methoxy groups -OCH3 is 1. The van der Waals surface area contributed by atoms with Crippen LogP contribution in [0.2, 0.25) is 0 Å². The Labute approximate surface area is 159 Å². The van der Waals surface area contributed by atoms with Gasteiger partial charge in [0, 0.05) is 11.1 Å². The number of ether oxygens (including phenoxy) is 2. The Balaban J connectivity index is 1.73. The fourth-order valence-electron chi connectivity index (χ4n) is 2.48. The van der Waals surface area contributed by atoms with Crippen LogP contribution in [0, 0.1) is 12.7 Å². The average Bonchev–Trinajstić information content (AvgIpc) is 3.08. The summed E-state index contributed by atoms with van der Waals surface area (Å²) in [6, 6.07) is 13.1. The number of esters is 1. The molecule has 2 aromatic carbocycles. The van der Waals surface area contributed by atoms with Crippen LogP contribution in [0.5, 0.6) is 5.75 Å². The predicted molar refractivity (Wildman–Crippen MR) is 99.9 cm³/mol. The zero-order valence-corrected chi connectivity index (χ0v) is 15.5. The summed E-state index contributed by atoms with van der Waals surface area (Å²) in [6.45, 7) is 1.30. The summed E-state index contributed by atoms with van der Waals surface area (Å²) in [7, 11) is 1.34. The van der Waals surface area contributed by atoms with Gasteiger partial charge in [-0.1, -0.05) is 30.3 Å². The fraction of sp³-hybridized carbons (Fsp3) is 0.150. The van der Waals surface area contributed by atoms with Crippen molar-refractivity contribution in [3.8, 4) is 17.0 Å². The molecule has 1 aromatic heterocycles. The first kappa shape index (κ1) is 18.7. The van der Waals surface area contributed by atoms with Crippen molar-refractivity contribution in [3.63, 3.8) is 0 Å². The molecule has 0 unspecified atom stereocenters. The average molecular weight is 385 g/mol. The van der Waals surface area contributed by atoms with E-state index in [9.17, 15) is 14.0 Å². The van der Waals surface area contributed by atoms with Crippen molar-refractivity contribution in [2.75, 3.05) is 13.7 Å². The zero-order chi connectivity index (χ0) is 19.4. The van der Waals surface area contributed by atoms with E-state index in [0.29, 0.717) is 15.6 Å². The van der Waals surface area contributed by atoms with Gasteiger partial charge in [-0.25, -0.2) is 14.2 Å². The molecule has 138 valence electrons. The lowest BCUT2D eigenvalue weighted by Gasteiger charge is -2.06. The molecule has 0 N–H and O–H groups in total. The normalized spacial score (nSPS) is 10.5. The standard InChI is InChI=1S/C20H16FNO4S/c1-12-22-18(13-6-4-3-5-7-13)19(27-12)20(24)26-11-16(23)14-8-9-17(25-2)15(21)10-14/h3-10H,11H2,1-2H3. The maximum atomic E-state index is 13.7. The second-order valence-electron chi connectivity index (χ2n) is 5.63. The molecule has 0 spiro atoms. The molecule has 7 heteroatoms. The highest BCUT2D eigenvalue weighted by Crippen LogP contribution is 2.28. The second kappa shape index (κ2) is 8.09. The lowest BCUT2D eigenvalue weighted by atomic mass is 10.1. The third-order valence-electron chi connectivity index (χ3n) is 3.77. The molecule has 0 radical (unpaired) electrons. The van der Waals surface area contributed by atoms with Crippen LogP contribution in [0.1, 0.15) is 25.0 Å². The fourth-order valence-corrected chi connectivity index (χ4v) is 3.31. The maximum Gasteiger partial charge on any atom is 0.351 e. The van der Waals surface area contributed by atoms with Crippen LogP contribution in [0.15, 0.2) is 48.5 Å². The van der Waals surface area contributed by atoms with Gasteiger partial charge in [-0.05, 0) is 25.1 Å². The van der Waals surface area contributed by atoms with Crippen molar-refractivity contribution >= 4 is 23.1 Å². The Hall–Kier alpha value is -3.06. The van der Waals surface area contributed by atoms with Crippen molar-refractivity contribution in [2.45, 2.75) is 6.92 Å². The van der Waals surface area contributed by atoms with Crippen LogP contribution in [0.4, 0.5) is 4.39 Å². The largest absolute Gasteiger partial charge is 0.494 e.